The highest BCUT2D eigenvalue weighted by atomic mass is 16.5. The fourth-order valence-electron chi connectivity index (χ4n) is 9.04. The van der Waals surface area contributed by atoms with Crippen molar-refractivity contribution >= 4 is 11.9 Å². The summed E-state index contributed by atoms with van der Waals surface area (Å²) in [6, 6.07) is -0.585. The molecule has 1 amide bonds. The van der Waals surface area contributed by atoms with Gasteiger partial charge in [-0.15, -0.1) is 0 Å². The second-order valence-electron chi connectivity index (χ2n) is 20.0. The Morgan fingerprint density at radius 2 is 0.785 bits per heavy atom. The first-order valence-electron chi connectivity index (χ1n) is 29.1. The first-order chi connectivity index (χ1) is 32.0. The lowest BCUT2D eigenvalue weighted by Crippen LogP contribution is -2.45. The molecule has 0 saturated heterocycles. The van der Waals surface area contributed by atoms with E-state index in [2.05, 4.69) is 37.4 Å². The first kappa shape index (κ1) is 63.3. The van der Waals surface area contributed by atoms with Gasteiger partial charge in [0.15, 0.2) is 0 Å². The normalized spacial score (nSPS) is 12.7. The van der Waals surface area contributed by atoms with Crippen LogP contribution >= 0.6 is 0 Å². The predicted octanol–water partition coefficient (Wildman–Crippen LogP) is 17.9. The van der Waals surface area contributed by atoms with Crippen LogP contribution in [0.2, 0.25) is 0 Å². The van der Waals surface area contributed by atoms with E-state index in [1.165, 1.54) is 225 Å². The van der Waals surface area contributed by atoms with E-state index in [0.29, 0.717) is 32.3 Å². The molecule has 0 aliphatic heterocycles. The van der Waals surface area contributed by atoms with Gasteiger partial charge in [0.1, 0.15) is 0 Å². The van der Waals surface area contributed by atoms with E-state index in [1.54, 1.807) is 0 Å². The zero-order chi connectivity index (χ0) is 47.2. The molecule has 0 aliphatic carbocycles. The Labute approximate surface area is 405 Å². The molecular weight excluding hydrogens is 803 g/mol. The van der Waals surface area contributed by atoms with Gasteiger partial charge in [-0.1, -0.05) is 282 Å². The molecule has 3 N–H and O–H groups in total. The number of nitrogens with one attached hydrogen (secondary N) is 1. The lowest BCUT2D eigenvalue weighted by molar-refractivity contribution is -0.143. The zero-order valence-corrected chi connectivity index (χ0v) is 43.7. The number of hydrogen-bond acceptors (Lipinski definition) is 5. The number of aliphatic hydroxyl groups excluding tert-OH is 2. The van der Waals surface area contributed by atoms with E-state index in [1.807, 2.05) is 6.08 Å². The quantitative estimate of drug-likeness (QED) is 0.0321. The molecule has 65 heavy (non-hydrogen) atoms. The fraction of sp³-hybridized carbons (Fsp3) is 0.898. The van der Waals surface area contributed by atoms with E-state index in [9.17, 15) is 19.8 Å². The van der Waals surface area contributed by atoms with E-state index < -0.39 is 12.1 Å². The molecule has 2 unspecified atom stereocenters. The molecule has 0 fully saturated rings. The van der Waals surface area contributed by atoms with Gasteiger partial charge in [-0.05, 0) is 44.9 Å². The topological polar surface area (TPSA) is 95.9 Å². The summed E-state index contributed by atoms with van der Waals surface area (Å²) >= 11 is 0. The third-order valence-electron chi connectivity index (χ3n) is 13.5. The Balaban J connectivity index is 3.50. The van der Waals surface area contributed by atoms with Crippen LogP contribution in [0, 0.1) is 0 Å². The summed E-state index contributed by atoms with van der Waals surface area (Å²) < 4.78 is 5.48. The van der Waals surface area contributed by atoms with Crippen LogP contribution in [-0.4, -0.2) is 47.4 Å². The van der Waals surface area contributed by atoms with Crippen LogP contribution < -0.4 is 5.32 Å². The standard InChI is InChI=1S/C59H113NO5/c1-3-5-7-9-11-13-15-17-19-21-22-23-25-29-33-37-41-45-49-53-59(64)65-54-50-46-42-38-34-30-26-28-32-36-40-44-48-52-58(63)60-56(55-61)57(62)51-47-43-39-35-31-27-24-20-18-16-14-12-10-8-6-4-2/h28,32,40,44,56-57,61-62H,3-27,29-31,33-39,41-43,45-55H2,1-2H3,(H,60,63)/b32-28-,44-40-. The molecule has 0 saturated carbocycles. The second-order valence-corrected chi connectivity index (χ2v) is 20.0. The van der Waals surface area contributed by atoms with Crippen molar-refractivity contribution in [2.24, 2.45) is 0 Å². The number of carbonyl (C=O) groups is 2. The van der Waals surface area contributed by atoms with Crippen molar-refractivity contribution < 1.29 is 24.5 Å². The van der Waals surface area contributed by atoms with E-state index in [0.717, 1.165) is 51.4 Å². The Morgan fingerprint density at radius 1 is 0.431 bits per heavy atom. The van der Waals surface area contributed by atoms with Crippen molar-refractivity contribution in [1.82, 2.24) is 5.32 Å². The van der Waals surface area contributed by atoms with Crippen molar-refractivity contribution in [2.75, 3.05) is 13.2 Å². The number of unbranched alkanes of at least 4 members (excludes halogenated alkanes) is 39. The molecule has 6 heteroatoms. The molecule has 0 aromatic heterocycles. The number of amides is 1. The van der Waals surface area contributed by atoms with Crippen LogP contribution in [0.4, 0.5) is 0 Å². The number of ether oxygens (including phenoxy) is 1. The van der Waals surface area contributed by atoms with Gasteiger partial charge in [0.05, 0.1) is 25.4 Å². The van der Waals surface area contributed by atoms with Crippen LogP contribution in [0.5, 0.6) is 0 Å². The summed E-state index contributed by atoms with van der Waals surface area (Å²) in [6.45, 7) is 4.91. The van der Waals surface area contributed by atoms with E-state index >= 15 is 0 Å². The molecule has 0 bridgehead atoms. The van der Waals surface area contributed by atoms with Gasteiger partial charge in [-0.2, -0.15) is 0 Å². The van der Waals surface area contributed by atoms with Gasteiger partial charge in [-0.3, -0.25) is 9.59 Å². The monoisotopic (exact) mass is 916 g/mol. The summed E-state index contributed by atoms with van der Waals surface area (Å²) in [5, 5.41) is 23.2. The van der Waals surface area contributed by atoms with Gasteiger partial charge in [0.2, 0.25) is 5.91 Å². The van der Waals surface area contributed by atoms with Crippen molar-refractivity contribution in [2.45, 2.75) is 328 Å². The molecular formula is C59H113NO5. The molecule has 2 atom stereocenters. The van der Waals surface area contributed by atoms with Gasteiger partial charge < -0.3 is 20.3 Å². The number of allylic oxidation sites excluding steroid dienone is 4. The van der Waals surface area contributed by atoms with Gasteiger partial charge in [0, 0.05) is 12.8 Å². The molecule has 0 aromatic rings. The molecule has 0 spiro atoms. The Kier molecular flexibility index (Phi) is 53.5. The molecule has 6 nitrogen and oxygen atoms in total. The largest absolute Gasteiger partial charge is 0.466 e. The van der Waals surface area contributed by atoms with Gasteiger partial charge >= 0.3 is 5.97 Å². The van der Waals surface area contributed by atoms with Crippen molar-refractivity contribution in [3.63, 3.8) is 0 Å². The van der Waals surface area contributed by atoms with Crippen molar-refractivity contribution in [3.05, 3.63) is 24.3 Å². The third-order valence-corrected chi connectivity index (χ3v) is 13.5. The number of esters is 1. The average Bonchev–Trinajstić information content (AvgIpc) is 3.31. The van der Waals surface area contributed by atoms with Crippen LogP contribution in [0.3, 0.4) is 0 Å². The van der Waals surface area contributed by atoms with Gasteiger partial charge in [-0.25, -0.2) is 0 Å². The number of aliphatic hydroxyl groups is 2. The maximum atomic E-state index is 12.4. The van der Waals surface area contributed by atoms with Crippen LogP contribution in [0.25, 0.3) is 0 Å². The molecule has 0 radical (unpaired) electrons. The maximum Gasteiger partial charge on any atom is 0.305 e. The first-order valence-corrected chi connectivity index (χ1v) is 29.1. The summed E-state index contributed by atoms with van der Waals surface area (Å²) in [6.07, 6.45) is 66.1. The molecule has 0 rings (SSSR count). The minimum Gasteiger partial charge on any atom is -0.466 e. The van der Waals surface area contributed by atoms with Crippen LogP contribution in [-0.2, 0) is 14.3 Å². The van der Waals surface area contributed by atoms with Crippen LogP contribution in [0.15, 0.2) is 24.3 Å². The maximum absolute atomic E-state index is 12.4. The number of rotatable bonds is 54. The second kappa shape index (κ2) is 54.9. The minimum absolute atomic E-state index is 0.0118. The molecule has 0 heterocycles. The summed E-state index contributed by atoms with van der Waals surface area (Å²) in [5.74, 6) is -0.125. The third kappa shape index (κ3) is 51.6. The van der Waals surface area contributed by atoms with E-state index in [4.69, 9.17) is 4.74 Å². The zero-order valence-electron chi connectivity index (χ0n) is 43.7. The lowest BCUT2D eigenvalue weighted by Gasteiger charge is -2.22. The molecule has 384 valence electrons. The summed E-state index contributed by atoms with van der Waals surface area (Å²) in [7, 11) is 0. The highest BCUT2D eigenvalue weighted by Crippen LogP contribution is 2.17. The molecule has 0 aromatic carbocycles. The van der Waals surface area contributed by atoms with Crippen molar-refractivity contribution in [1.29, 1.82) is 0 Å². The van der Waals surface area contributed by atoms with E-state index in [-0.39, 0.29) is 18.5 Å². The number of hydrogen-bond donors (Lipinski definition) is 3. The SMILES string of the molecule is CCCCCCCCCCCCCCCCCCCCCC(=O)OCCCCCCCC/C=C\C/C=C\CCC(=O)NC(CO)C(O)CCCCCCCCCCCCCCCCCC. The van der Waals surface area contributed by atoms with Gasteiger partial charge in [0.25, 0.3) is 0 Å². The average molecular weight is 917 g/mol. The fourth-order valence-corrected chi connectivity index (χ4v) is 9.04. The predicted molar refractivity (Wildman–Crippen MR) is 283 cm³/mol. The van der Waals surface area contributed by atoms with Crippen molar-refractivity contribution in [3.8, 4) is 0 Å². The van der Waals surface area contributed by atoms with Crippen LogP contribution in [0.1, 0.15) is 316 Å². The lowest BCUT2D eigenvalue weighted by atomic mass is 10.0. The highest BCUT2D eigenvalue weighted by molar-refractivity contribution is 5.76. The Hall–Kier alpha value is -1.66. The Bertz CT molecular complexity index is 1010. The smallest absolute Gasteiger partial charge is 0.305 e. The Morgan fingerprint density at radius 3 is 1.20 bits per heavy atom. The summed E-state index contributed by atoms with van der Waals surface area (Å²) in [4.78, 5) is 24.5. The minimum atomic E-state index is -0.698. The molecule has 0 aliphatic rings. The number of carbonyl (C=O) groups excluding carboxylic acids is 2. The highest BCUT2D eigenvalue weighted by Gasteiger charge is 2.19. The summed E-state index contributed by atoms with van der Waals surface area (Å²) in [5.41, 5.74) is 0.